The molecule has 1 aliphatic heterocycles. The van der Waals surface area contributed by atoms with E-state index in [2.05, 4.69) is 5.10 Å². The zero-order valence-electron chi connectivity index (χ0n) is 19.5. The third-order valence-corrected chi connectivity index (χ3v) is 6.12. The first-order valence-electron chi connectivity index (χ1n) is 11.5. The molecule has 35 heavy (non-hydrogen) atoms. The molecule has 0 saturated carbocycles. The van der Waals surface area contributed by atoms with Crippen molar-refractivity contribution in [2.45, 2.75) is 26.8 Å². The van der Waals surface area contributed by atoms with Gasteiger partial charge in [-0.25, -0.2) is 4.68 Å². The molecule has 0 fully saturated rings. The Morgan fingerprint density at radius 1 is 0.886 bits per heavy atom. The van der Waals surface area contributed by atoms with Gasteiger partial charge in [-0.15, -0.1) is 0 Å². The average Bonchev–Trinajstić information content (AvgIpc) is 3.31. The Labute approximate surface area is 203 Å². The van der Waals surface area contributed by atoms with Crippen LogP contribution in [0.1, 0.15) is 29.3 Å². The first-order chi connectivity index (χ1) is 17.0. The Morgan fingerprint density at radius 3 is 2.23 bits per heavy atom. The summed E-state index contributed by atoms with van der Waals surface area (Å²) >= 11 is 0. The lowest BCUT2D eigenvalue weighted by atomic mass is 10.0. The maximum absolute atomic E-state index is 13.8. The third-order valence-electron chi connectivity index (χ3n) is 6.12. The highest BCUT2D eigenvalue weighted by Gasteiger charge is 2.46. The van der Waals surface area contributed by atoms with E-state index in [1.807, 2.05) is 73.8 Å². The summed E-state index contributed by atoms with van der Waals surface area (Å²) in [5.41, 5.74) is 3.19. The molecule has 7 nitrogen and oxygen atoms in total. The smallest absolute Gasteiger partial charge is 0.327 e. The molecule has 4 aromatic rings. The second-order valence-corrected chi connectivity index (χ2v) is 8.39. The molecule has 3 heterocycles. The number of nitrogens with zero attached hydrogens (tertiary/aromatic N) is 4. The van der Waals surface area contributed by atoms with Crippen molar-refractivity contribution in [1.29, 1.82) is 0 Å². The minimum absolute atomic E-state index is 0.0777. The van der Waals surface area contributed by atoms with Crippen LogP contribution in [-0.2, 0) is 22.6 Å². The van der Waals surface area contributed by atoms with Crippen molar-refractivity contribution < 1.29 is 19.3 Å². The maximum Gasteiger partial charge on any atom is 0.327 e. The van der Waals surface area contributed by atoms with Gasteiger partial charge >= 0.3 is 5.91 Å². The summed E-state index contributed by atoms with van der Waals surface area (Å²) in [6.07, 6.45) is 4.32. The van der Waals surface area contributed by atoms with E-state index in [1.54, 1.807) is 29.8 Å². The Balaban J connectivity index is 1.70. The molecule has 174 valence electrons. The summed E-state index contributed by atoms with van der Waals surface area (Å²) in [6.45, 7) is 3.81. The average molecular weight is 465 g/mol. The van der Waals surface area contributed by atoms with Crippen molar-refractivity contribution in [2.75, 3.05) is 0 Å². The number of aromatic nitrogens is 3. The van der Waals surface area contributed by atoms with Crippen molar-refractivity contribution in [2.24, 2.45) is 0 Å². The summed E-state index contributed by atoms with van der Waals surface area (Å²) in [6, 6.07) is 22.1. The number of aryl methyl sites for hydroxylation is 2. The molecular weight excluding hydrogens is 440 g/mol. The van der Waals surface area contributed by atoms with Crippen LogP contribution in [-0.4, -0.2) is 26.5 Å². The molecule has 0 N–H and O–H groups in total. The highest BCUT2D eigenvalue weighted by molar-refractivity contribution is 6.44. The van der Waals surface area contributed by atoms with Gasteiger partial charge in [0.05, 0.1) is 17.9 Å². The Morgan fingerprint density at radius 2 is 1.54 bits per heavy atom. The number of pyridine rings is 1. The predicted molar refractivity (Wildman–Crippen MR) is 129 cm³/mol. The number of hydrogen-bond donors (Lipinski definition) is 0. The lowest BCUT2D eigenvalue weighted by Crippen LogP contribution is -2.39. The number of amides is 2. The molecule has 0 spiro atoms. The van der Waals surface area contributed by atoms with Gasteiger partial charge < -0.3 is 5.11 Å². The van der Waals surface area contributed by atoms with Crippen molar-refractivity contribution in [3.63, 3.8) is 0 Å². The van der Waals surface area contributed by atoms with Crippen molar-refractivity contribution in [1.82, 2.24) is 14.7 Å². The number of carbonyl (C=O) groups excluding carboxylic acids is 2. The molecule has 5 rings (SSSR count). The van der Waals surface area contributed by atoms with E-state index < -0.39 is 17.7 Å². The van der Waals surface area contributed by atoms with E-state index >= 15 is 0 Å². The second-order valence-electron chi connectivity index (χ2n) is 8.39. The summed E-state index contributed by atoms with van der Waals surface area (Å²) < 4.78 is 2.93. The summed E-state index contributed by atoms with van der Waals surface area (Å²) in [5.74, 6) is -1.38. The van der Waals surface area contributed by atoms with Crippen LogP contribution >= 0.6 is 0 Å². The van der Waals surface area contributed by atoms with Crippen LogP contribution < -0.4 is 9.67 Å². The van der Waals surface area contributed by atoms with Gasteiger partial charge in [0.1, 0.15) is 5.57 Å². The van der Waals surface area contributed by atoms with Crippen LogP contribution in [0.3, 0.4) is 0 Å². The van der Waals surface area contributed by atoms with Crippen LogP contribution in [0.2, 0.25) is 0 Å². The first-order valence-corrected chi connectivity index (χ1v) is 11.5. The van der Waals surface area contributed by atoms with Gasteiger partial charge in [-0.3, -0.25) is 14.5 Å². The summed E-state index contributed by atoms with van der Waals surface area (Å²) in [4.78, 5) is 28.7. The maximum atomic E-state index is 13.8. The van der Waals surface area contributed by atoms with E-state index in [0.717, 1.165) is 17.5 Å². The van der Waals surface area contributed by atoms with Gasteiger partial charge in [0.25, 0.3) is 11.6 Å². The number of rotatable bonds is 6. The lowest BCUT2D eigenvalue weighted by molar-refractivity contribution is -0.577. The highest BCUT2D eigenvalue weighted by atomic mass is 16.3. The highest BCUT2D eigenvalue weighted by Crippen LogP contribution is 2.37. The van der Waals surface area contributed by atoms with E-state index in [-0.39, 0.29) is 23.4 Å². The monoisotopic (exact) mass is 464 g/mol. The Hall–Kier alpha value is -4.52. The molecule has 2 aromatic heterocycles. The number of carbonyl (C=O) groups is 2. The van der Waals surface area contributed by atoms with Gasteiger partial charge in [0.15, 0.2) is 12.4 Å². The fourth-order valence-corrected chi connectivity index (χ4v) is 4.35. The number of hydrogen-bond acceptors (Lipinski definition) is 4. The largest absolute Gasteiger partial charge is 0.858 e. The van der Waals surface area contributed by atoms with E-state index in [0.29, 0.717) is 11.4 Å². The molecule has 7 heteroatoms. The molecule has 2 amide bonds. The number of para-hydroxylation sites is 1. The molecule has 0 saturated heterocycles. The zero-order chi connectivity index (χ0) is 24.5. The van der Waals surface area contributed by atoms with Gasteiger partial charge in [-0.2, -0.15) is 9.67 Å². The van der Waals surface area contributed by atoms with Crippen LogP contribution in [0.25, 0.3) is 17.0 Å². The Kier molecular flexibility index (Phi) is 5.74. The van der Waals surface area contributed by atoms with Crippen LogP contribution in [0.5, 0.6) is 5.88 Å². The molecule has 2 aromatic carbocycles. The lowest BCUT2D eigenvalue weighted by Gasteiger charge is -2.15. The fourth-order valence-electron chi connectivity index (χ4n) is 4.35. The zero-order valence-corrected chi connectivity index (χ0v) is 19.5. The molecule has 0 aliphatic carbocycles. The van der Waals surface area contributed by atoms with Crippen LogP contribution in [0.4, 0.5) is 0 Å². The van der Waals surface area contributed by atoms with Gasteiger partial charge in [-0.1, -0.05) is 55.5 Å². The van der Waals surface area contributed by atoms with Gasteiger partial charge in [0, 0.05) is 17.2 Å². The van der Waals surface area contributed by atoms with Crippen molar-refractivity contribution in [3.05, 3.63) is 108 Å². The topological polar surface area (TPSA) is 82.1 Å². The molecule has 0 unspecified atom stereocenters. The van der Waals surface area contributed by atoms with Crippen LogP contribution in [0, 0.1) is 6.92 Å². The molecular formula is C28H24N4O3. The number of imide groups is 1. The SMILES string of the molecule is CCc1ccc[n+](C2=C(c3c(C)nn(-c4ccccc4)c3[O-])C(=O)N(Cc3ccccc3)C2=O)c1. The first kappa shape index (κ1) is 22.3. The third kappa shape index (κ3) is 3.91. The summed E-state index contributed by atoms with van der Waals surface area (Å²) in [7, 11) is 0. The van der Waals surface area contributed by atoms with Crippen molar-refractivity contribution >= 4 is 23.1 Å². The van der Waals surface area contributed by atoms with Gasteiger partial charge in [0.2, 0.25) is 0 Å². The molecule has 1 aliphatic rings. The van der Waals surface area contributed by atoms with Crippen LogP contribution in [0.15, 0.2) is 85.2 Å². The van der Waals surface area contributed by atoms with E-state index in [9.17, 15) is 14.7 Å². The minimum atomic E-state index is -0.504. The molecule has 0 atom stereocenters. The number of benzene rings is 2. The van der Waals surface area contributed by atoms with E-state index in [4.69, 9.17) is 0 Å². The fraction of sp³-hybridized carbons (Fsp3) is 0.143. The standard InChI is InChI=1S/C28H24N4O3/c1-3-20-13-10-16-30(17-20)25-24(26(33)31(28(25)35)18-21-11-6-4-7-12-21)23-19(2)29-32(27(23)34)22-14-8-5-9-15-22/h4-17H,3,18H2,1-2H3. The normalized spacial score (nSPS) is 13.7. The van der Waals surface area contributed by atoms with Crippen molar-refractivity contribution in [3.8, 4) is 11.6 Å². The van der Waals surface area contributed by atoms with Gasteiger partial charge in [-0.05, 0) is 43.0 Å². The predicted octanol–water partition coefficient (Wildman–Crippen LogP) is 3.04. The van der Waals surface area contributed by atoms with E-state index in [1.165, 1.54) is 9.58 Å². The second kappa shape index (κ2) is 9.02. The quantitative estimate of drug-likeness (QED) is 0.324. The minimum Gasteiger partial charge on any atom is -0.858 e. The summed E-state index contributed by atoms with van der Waals surface area (Å²) in [5, 5.41) is 18.0. The molecule has 0 bridgehead atoms. The molecule has 0 radical (unpaired) electrons. The Bertz CT molecular complexity index is 1460.